The smallest absolute Gasteiger partial charge is 0.356 e. The number of carboxylic acids is 1. The van der Waals surface area contributed by atoms with Crippen LogP contribution in [-0.4, -0.2) is 27.2 Å². The molecule has 0 saturated carbocycles. The fourth-order valence-electron chi connectivity index (χ4n) is 0.379. The van der Waals surface area contributed by atoms with Gasteiger partial charge in [-0.15, -0.1) is 6.42 Å². The number of nitrogens with two attached hydrogens (primary N) is 1. The summed E-state index contributed by atoms with van der Waals surface area (Å²) in [5, 5.41) is 14.0. The molecule has 0 spiro atoms. The molecule has 0 aliphatic rings. The topological polar surface area (TPSA) is 109 Å². The molecule has 0 aliphatic heterocycles. The summed E-state index contributed by atoms with van der Waals surface area (Å²) in [7, 11) is 0. The lowest BCUT2D eigenvalue weighted by atomic mass is 10.5. The maximum Gasteiger partial charge on any atom is 0.356 e. The van der Waals surface area contributed by atoms with Crippen LogP contribution >= 0.6 is 0 Å². The Morgan fingerprint density at radius 2 is 2.23 bits per heavy atom. The van der Waals surface area contributed by atoms with Gasteiger partial charge in [-0.1, -0.05) is 0 Å². The average molecular weight is 181 g/mol. The van der Waals surface area contributed by atoms with Crippen LogP contribution in [0.2, 0.25) is 0 Å². The molecule has 0 radical (unpaired) electrons. The van der Waals surface area contributed by atoms with Crippen molar-refractivity contribution in [1.82, 2.24) is 10.2 Å². The third-order valence-corrected chi connectivity index (χ3v) is 0.862. The first-order chi connectivity index (χ1) is 6.07. The first-order valence-electron chi connectivity index (χ1n) is 3.07. The van der Waals surface area contributed by atoms with E-state index in [0.29, 0.717) is 0 Å². The van der Waals surface area contributed by atoms with Gasteiger partial charge in [-0.2, -0.15) is 5.10 Å². The molecule has 1 heterocycles. The average Bonchev–Trinajstić information content (AvgIpc) is 2.57. The Balaban J connectivity index is 0.000000252. The van der Waals surface area contributed by atoms with Gasteiger partial charge in [0.25, 0.3) is 5.91 Å². The highest BCUT2D eigenvalue weighted by Gasteiger charge is 2.00. The Morgan fingerprint density at radius 1 is 1.69 bits per heavy atom. The number of H-pyrrole nitrogens is 1. The number of carbonyl (C=O) groups is 2. The number of hydrogen-bond donors (Lipinski definition) is 3. The van der Waals surface area contributed by atoms with E-state index < -0.39 is 11.9 Å². The van der Waals surface area contributed by atoms with Gasteiger partial charge in [-0.25, -0.2) is 4.79 Å². The maximum absolute atomic E-state index is 9.98. The highest BCUT2D eigenvalue weighted by atomic mass is 16.4. The quantitative estimate of drug-likeness (QED) is 0.493. The van der Waals surface area contributed by atoms with Gasteiger partial charge in [0.15, 0.2) is 5.69 Å². The van der Waals surface area contributed by atoms with Gasteiger partial charge in [0.1, 0.15) is 0 Å². The number of rotatable bonds is 1. The zero-order valence-corrected chi connectivity index (χ0v) is 6.52. The second-order valence-corrected chi connectivity index (χ2v) is 1.77. The summed E-state index contributed by atoms with van der Waals surface area (Å²) in [6.07, 6.45) is 5.91. The standard InChI is InChI=1S/C4H4N2O2.C3H3NO/c7-4(8)3-1-2-5-6-3;1-2-3(4)5/h1-2H,(H,5,6)(H,7,8);1H,(H2,4,5). The lowest BCUT2D eigenvalue weighted by molar-refractivity contribution is -0.112. The number of nitrogens with zero attached hydrogens (tertiary/aromatic N) is 1. The van der Waals surface area contributed by atoms with Crippen molar-refractivity contribution in [3.05, 3.63) is 18.0 Å². The van der Waals surface area contributed by atoms with Crippen molar-refractivity contribution >= 4 is 11.9 Å². The maximum atomic E-state index is 9.98. The Labute approximate surface area is 73.8 Å². The van der Waals surface area contributed by atoms with Crippen LogP contribution in [0.15, 0.2) is 12.3 Å². The van der Waals surface area contributed by atoms with Crippen LogP contribution in [0.25, 0.3) is 0 Å². The fourth-order valence-corrected chi connectivity index (χ4v) is 0.379. The second kappa shape index (κ2) is 5.37. The number of carboxylic acid groups (broad SMARTS) is 1. The molecule has 68 valence electrons. The fraction of sp³-hybridized carbons (Fsp3) is 0. The molecule has 0 aromatic carbocycles. The first-order valence-corrected chi connectivity index (χ1v) is 3.07. The van der Waals surface area contributed by atoms with Crippen LogP contribution < -0.4 is 5.73 Å². The zero-order chi connectivity index (χ0) is 10.3. The number of primary amides is 1. The predicted octanol–water partition coefficient (Wildman–Crippen LogP) is -0.787. The number of carbonyl (C=O) groups excluding carboxylic acids is 1. The monoisotopic (exact) mass is 181 g/mol. The van der Waals surface area contributed by atoms with Crippen LogP contribution in [0, 0.1) is 12.3 Å². The van der Waals surface area contributed by atoms with E-state index in [1.54, 1.807) is 5.92 Å². The molecular weight excluding hydrogens is 174 g/mol. The molecule has 13 heavy (non-hydrogen) atoms. The molecule has 0 saturated heterocycles. The SMILES string of the molecule is C#CC(N)=O.O=C(O)c1cc[nH]n1. The van der Waals surface area contributed by atoms with Crippen molar-refractivity contribution < 1.29 is 14.7 Å². The van der Waals surface area contributed by atoms with E-state index in [1.807, 2.05) is 0 Å². The van der Waals surface area contributed by atoms with E-state index in [1.165, 1.54) is 12.3 Å². The van der Waals surface area contributed by atoms with Crippen molar-refractivity contribution in [3.63, 3.8) is 0 Å². The number of nitrogens with one attached hydrogen (secondary N) is 1. The number of terminal acetylenes is 1. The van der Waals surface area contributed by atoms with Crippen molar-refractivity contribution in [1.29, 1.82) is 0 Å². The molecule has 1 rings (SSSR count). The van der Waals surface area contributed by atoms with Gasteiger partial charge in [0.2, 0.25) is 0 Å². The number of amides is 1. The molecule has 6 heteroatoms. The van der Waals surface area contributed by atoms with Gasteiger partial charge in [0, 0.05) is 6.20 Å². The zero-order valence-electron chi connectivity index (χ0n) is 6.52. The molecule has 1 amide bonds. The summed E-state index contributed by atoms with van der Waals surface area (Å²) in [4.78, 5) is 19.3. The highest BCUT2D eigenvalue weighted by Crippen LogP contribution is 1.87. The van der Waals surface area contributed by atoms with Crippen LogP contribution in [0.1, 0.15) is 10.5 Å². The lowest BCUT2D eigenvalue weighted by Gasteiger charge is -1.77. The minimum Gasteiger partial charge on any atom is -0.476 e. The van der Waals surface area contributed by atoms with Crippen LogP contribution in [0.3, 0.4) is 0 Å². The molecule has 0 atom stereocenters. The van der Waals surface area contributed by atoms with Crippen LogP contribution in [0.4, 0.5) is 0 Å². The summed E-state index contributed by atoms with van der Waals surface area (Å²) in [5.41, 5.74) is 4.46. The molecule has 6 nitrogen and oxygen atoms in total. The Morgan fingerprint density at radius 3 is 2.38 bits per heavy atom. The molecular formula is C7H7N3O3. The summed E-state index contributed by atoms with van der Waals surface area (Å²) < 4.78 is 0. The molecule has 0 aliphatic carbocycles. The minimum atomic E-state index is -1.01. The molecule has 1 aromatic heterocycles. The first kappa shape index (κ1) is 10.7. The van der Waals surface area contributed by atoms with Gasteiger partial charge < -0.3 is 10.8 Å². The van der Waals surface area contributed by atoms with E-state index in [2.05, 4.69) is 22.4 Å². The number of aromatic nitrogens is 2. The Hall–Kier alpha value is -2.29. The lowest BCUT2D eigenvalue weighted by Crippen LogP contribution is -2.05. The van der Waals surface area contributed by atoms with Crippen molar-refractivity contribution in [2.45, 2.75) is 0 Å². The Bertz CT molecular complexity index is 323. The van der Waals surface area contributed by atoms with E-state index in [-0.39, 0.29) is 5.69 Å². The van der Waals surface area contributed by atoms with Gasteiger partial charge in [-0.05, 0) is 12.0 Å². The van der Waals surface area contributed by atoms with Crippen LogP contribution in [-0.2, 0) is 4.79 Å². The molecule has 0 fully saturated rings. The van der Waals surface area contributed by atoms with Gasteiger partial charge in [-0.3, -0.25) is 9.89 Å². The highest BCUT2D eigenvalue weighted by molar-refractivity contribution is 5.91. The van der Waals surface area contributed by atoms with Gasteiger partial charge >= 0.3 is 5.97 Å². The number of aromatic amines is 1. The summed E-state index contributed by atoms with van der Waals surface area (Å²) >= 11 is 0. The van der Waals surface area contributed by atoms with E-state index in [0.717, 1.165) is 0 Å². The normalized spacial score (nSPS) is 7.62. The Kier molecular flexibility index (Phi) is 4.43. The molecule has 0 bridgehead atoms. The second-order valence-electron chi connectivity index (χ2n) is 1.77. The third-order valence-electron chi connectivity index (χ3n) is 0.862. The van der Waals surface area contributed by atoms with E-state index in [9.17, 15) is 9.59 Å². The van der Waals surface area contributed by atoms with Crippen molar-refractivity contribution in [2.24, 2.45) is 5.73 Å². The van der Waals surface area contributed by atoms with E-state index in [4.69, 9.17) is 5.11 Å². The molecule has 0 unspecified atom stereocenters. The van der Waals surface area contributed by atoms with Gasteiger partial charge in [0.05, 0.1) is 0 Å². The minimum absolute atomic E-state index is 0.0463. The summed E-state index contributed by atoms with van der Waals surface area (Å²) in [5.74, 6) is -0.0590. The van der Waals surface area contributed by atoms with Crippen molar-refractivity contribution in [2.75, 3.05) is 0 Å². The predicted molar refractivity (Wildman–Crippen MR) is 43.6 cm³/mol. The summed E-state index contributed by atoms with van der Waals surface area (Å²) in [6, 6.07) is 1.39. The van der Waals surface area contributed by atoms with Crippen LogP contribution in [0.5, 0.6) is 0 Å². The largest absolute Gasteiger partial charge is 0.476 e. The molecule has 4 N–H and O–H groups in total. The van der Waals surface area contributed by atoms with E-state index >= 15 is 0 Å². The van der Waals surface area contributed by atoms with Crippen molar-refractivity contribution in [3.8, 4) is 12.3 Å². The third kappa shape index (κ3) is 5.03. The number of hydrogen-bond acceptors (Lipinski definition) is 3. The summed E-state index contributed by atoms with van der Waals surface area (Å²) in [6.45, 7) is 0. The number of aromatic carboxylic acids is 1. The molecule has 1 aromatic rings.